The number of oxime groups is 1. The molecule has 0 aliphatic carbocycles. The number of amides is 1. The Balaban J connectivity index is 2.09. The number of thiophene rings is 1. The van der Waals surface area contributed by atoms with Gasteiger partial charge in [-0.15, -0.1) is 11.3 Å². The van der Waals surface area contributed by atoms with Gasteiger partial charge in [0.1, 0.15) is 0 Å². The molecule has 1 fully saturated rings. The monoisotopic (exact) mass is 330 g/mol. The largest absolute Gasteiger partial charge is 0.411 e. The highest BCUT2D eigenvalue weighted by atomic mass is 79.9. The summed E-state index contributed by atoms with van der Waals surface area (Å²) in [6.07, 6.45) is 1.55. The van der Waals surface area contributed by atoms with Crippen LogP contribution in [0, 0.1) is 5.92 Å². The quantitative estimate of drug-likeness (QED) is 0.668. The van der Waals surface area contributed by atoms with Gasteiger partial charge in [0.05, 0.1) is 14.4 Å². The van der Waals surface area contributed by atoms with Gasteiger partial charge in [-0.25, -0.2) is 0 Å². The zero-order valence-corrected chi connectivity index (χ0v) is 12.5. The molecule has 98 valence electrons. The molecule has 0 aromatic carbocycles. The molecular weight excluding hydrogens is 316 g/mol. The van der Waals surface area contributed by atoms with Crippen LogP contribution in [0.3, 0.4) is 0 Å². The van der Waals surface area contributed by atoms with Crippen molar-refractivity contribution in [3.05, 3.63) is 20.8 Å². The molecule has 1 aromatic heterocycles. The van der Waals surface area contributed by atoms with E-state index in [-0.39, 0.29) is 11.8 Å². The van der Waals surface area contributed by atoms with E-state index in [2.05, 4.69) is 21.1 Å². The van der Waals surface area contributed by atoms with Crippen LogP contribution in [0.15, 0.2) is 21.1 Å². The average molecular weight is 331 g/mol. The second-order valence-electron chi connectivity index (χ2n) is 4.30. The molecular formula is C12H15BrN2O2S. The van der Waals surface area contributed by atoms with Gasteiger partial charge in [0.15, 0.2) is 0 Å². The van der Waals surface area contributed by atoms with Crippen LogP contribution in [0.25, 0.3) is 0 Å². The summed E-state index contributed by atoms with van der Waals surface area (Å²) in [6.45, 7) is 3.32. The Morgan fingerprint density at radius 3 is 3.00 bits per heavy atom. The van der Waals surface area contributed by atoms with Crippen LogP contribution in [0.4, 0.5) is 0 Å². The molecule has 1 aromatic rings. The van der Waals surface area contributed by atoms with E-state index in [1.54, 1.807) is 0 Å². The van der Waals surface area contributed by atoms with E-state index >= 15 is 0 Å². The molecule has 1 N–H and O–H groups in total. The van der Waals surface area contributed by atoms with E-state index in [1.165, 1.54) is 11.3 Å². The van der Waals surface area contributed by atoms with Crippen LogP contribution < -0.4 is 0 Å². The first-order valence-electron chi connectivity index (χ1n) is 5.91. The van der Waals surface area contributed by atoms with Gasteiger partial charge in [-0.2, -0.15) is 0 Å². The first-order chi connectivity index (χ1) is 8.65. The first kappa shape index (κ1) is 13.5. The first-order valence-corrected chi connectivity index (χ1v) is 7.52. The predicted octanol–water partition coefficient (Wildman–Crippen LogP) is 3.21. The molecule has 1 amide bonds. The molecule has 1 aliphatic heterocycles. The zero-order chi connectivity index (χ0) is 13.1. The lowest BCUT2D eigenvalue weighted by atomic mass is 9.93. The van der Waals surface area contributed by atoms with Crippen molar-refractivity contribution in [2.75, 3.05) is 13.1 Å². The minimum absolute atomic E-state index is 0.0705. The lowest BCUT2D eigenvalue weighted by molar-refractivity contribution is 0.0734. The van der Waals surface area contributed by atoms with E-state index in [1.807, 2.05) is 24.0 Å². The fourth-order valence-corrected chi connectivity index (χ4v) is 3.54. The van der Waals surface area contributed by atoms with Crippen molar-refractivity contribution < 1.29 is 10.0 Å². The van der Waals surface area contributed by atoms with E-state index in [4.69, 9.17) is 5.21 Å². The van der Waals surface area contributed by atoms with E-state index in [9.17, 15) is 4.79 Å². The number of hydrogen-bond donors (Lipinski definition) is 1. The highest BCUT2D eigenvalue weighted by Gasteiger charge is 2.28. The summed E-state index contributed by atoms with van der Waals surface area (Å²) >= 11 is 4.82. The van der Waals surface area contributed by atoms with Gasteiger partial charge >= 0.3 is 0 Å². The highest BCUT2D eigenvalue weighted by Crippen LogP contribution is 2.25. The van der Waals surface area contributed by atoms with Gasteiger partial charge < -0.3 is 10.1 Å². The molecule has 2 heterocycles. The van der Waals surface area contributed by atoms with Crippen molar-refractivity contribution in [2.24, 2.45) is 11.1 Å². The lowest BCUT2D eigenvalue weighted by Crippen LogP contribution is -2.43. The topological polar surface area (TPSA) is 52.9 Å². The number of likely N-dealkylation sites (tertiary alicyclic amines) is 1. The Hall–Kier alpha value is -0.880. The molecule has 1 atom stereocenters. The standard InChI is InChI=1S/C12H15BrN2O2S/c1-2-8-7-15(6-5-9(8)14-17)12(16)10-3-4-11(13)18-10/h3-4,8,17H,2,5-7H2,1H3/b14-9+. The lowest BCUT2D eigenvalue weighted by Gasteiger charge is -2.32. The van der Waals surface area contributed by atoms with Crippen LogP contribution in [0.1, 0.15) is 29.4 Å². The molecule has 2 rings (SSSR count). The van der Waals surface area contributed by atoms with Crippen molar-refractivity contribution in [3.8, 4) is 0 Å². The maximum atomic E-state index is 12.3. The number of rotatable bonds is 2. The number of halogens is 1. The second-order valence-corrected chi connectivity index (χ2v) is 6.76. The van der Waals surface area contributed by atoms with Crippen molar-refractivity contribution >= 4 is 38.9 Å². The number of nitrogens with zero attached hydrogens (tertiary/aromatic N) is 2. The average Bonchev–Trinajstić information content (AvgIpc) is 2.83. The van der Waals surface area contributed by atoms with E-state index in [0.29, 0.717) is 19.5 Å². The summed E-state index contributed by atoms with van der Waals surface area (Å²) < 4.78 is 0.965. The molecule has 0 bridgehead atoms. The highest BCUT2D eigenvalue weighted by molar-refractivity contribution is 9.11. The molecule has 1 saturated heterocycles. The van der Waals surface area contributed by atoms with Crippen molar-refractivity contribution in [1.29, 1.82) is 0 Å². The molecule has 1 unspecified atom stereocenters. The van der Waals surface area contributed by atoms with Gasteiger partial charge in [0, 0.05) is 25.4 Å². The Morgan fingerprint density at radius 1 is 1.67 bits per heavy atom. The molecule has 1 aliphatic rings. The maximum Gasteiger partial charge on any atom is 0.263 e. The molecule has 4 nitrogen and oxygen atoms in total. The Bertz CT molecular complexity index is 472. The van der Waals surface area contributed by atoms with Crippen LogP contribution in [-0.4, -0.2) is 34.8 Å². The smallest absolute Gasteiger partial charge is 0.263 e. The third kappa shape index (κ3) is 2.75. The number of carbonyl (C=O) groups excluding carboxylic acids is 1. The van der Waals surface area contributed by atoms with Crippen LogP contribution in [0.2, 0.25) is 0 Å². The number of piperidine rings is 1. The summed E-state index contributed by atoms with van der Waals surface area (Å²) in [5, 5.41) is 12.3. The number of hydrogen-bond acceptors (Lipinski definition) is 4. The van der Waals surface area contributed by atoms with Gasteiger partial charge in [-0.05, 0) is 34.5 Å². The zero-order valence-electron chi connectivity index (χ0n) is 10.1. The summed E-state index contributed by atoms with van der Waals surface area (Å²) in [4.78, 5) is 14.9. The van der Waals surface area contributed by atoms with Gasteiger partial charge in [0.2, 0.25) is 0 Å². The van der Waals surface area contributed by atoms with Crippen LogP contribution >= 0.6 is 27.3 Å². The van der Waals surface area contributed by atoms with Crippen molar-refractivity contribution in [1.82, 2.24) is 4.90 Å². The van der Waals surface area contributed by atoms with E-state index in [0.717, 1.165) is 20.8 Å². The van der Waals surface area contributed by atoms with Crippen LogP contribution in [0.5, 0.6) is 0 Å². The maximum absolute atomic E-state index is 12.3. The summed E-state index contributed by atoms with van der Waals surface area (Å²) in [5.41, 5.74) is 0.814. The fraction of sp³-hybridized carbons (Fsp3) is 0.500. The van der Waals surface area contributed by atoms with Crippen LogP contribution in [-0.2, 0) is 0 Å². The summed E-state index contributed by atoms with van der Waals surface area (Å²) in [7, 11) is 0. The van der Waals surface area contributed by atoms with Crippen molar-refractivity contribution in [2.45, 2.75) is 19.8 Å². The second kappa shape index (κ2) is 5.84. The summed E-state index contributed by atoms with van der Waals surface area (Å²) in [5.74, 6) is 0.247. The molecule has 0 spiro atoms. The SMILES string of the molecule is CCC1CN(C(=O)c2ccc(Br)s2)CC/C1=N\O. The third-order valence-corrected chi connectivity index (χ3v) is 4.85. The van der Waals surface area contributed by atoms with Crippen molar-refractivity contribution in [3.63, 3.8) is 0 Å². The molecule has 0 saturated carbocycles. The molecule has 6 heteroatoms. The fourth-order valence-electron chi connectivity index (χ4n) is 2.18. The Morgan fingerprint density at radius 2 is 2.44 bits per heavy atom. The summed E-state index contributed by atoms with van der Waals surface area (Å²) in [6, 6.07) is 3.73. The van der Waals surface area contributed by atoms with E-state index < -0.39 is 0 Å². The normalized spacial score (nSPS) is 22.4. The number of carbonyl (C=O) groups is 1. The Labute approximate surface area is 118 Å². The van der Waals surface area contributed by atoms with Gasteiger partial charge in [-0.1, -0.05) is 12.1 Å². The Kier molecular flexibility index (Phi) is 4.40. The molecule has 0 radical (unpaired) electrons. The minimum Gasteiger partial charge on any atom is -0.411 e. The minimum atomic E-state index is 0.0705. The third-order valence-electron chi connectivity index (χ3n) is 3.24. The molecule has 18 heavy (non-hydrogen) atoms. The predicted molar refractivity (Wildman–Crippen MR) is 75.5 cm³/mol. The van der Waals surface area contributed by atoms with Gasteiger partial charge in [-0.3, -0.25) is 4.79 Å². The van der Waals surface area contributed by atoms with Gasteiger partial charge in [0.25, 0.3) is 5.91 Å².